The number of hydrogen-bond acceptors (Lipinski definition) is 2. The van der Waals surface area contributed by atoms with E-state index < -0.39 is 6.10 Å². The quantitative estimate of drug-likeness (QED) is 0.838. The van der Waals surface area contributed by atoms with Gasteiger partial charge in [0.05, 0.1) is 6.10 Å². The second-order valence-electron chi connectivity index (χ2n) is 4.86. The third-order valence-electron chi connectivity index (χ3n) is 3.32. The number of carbonyl (C=O) groups excluding carboxylic acids is 1. The largest absolute Gasteiger partial charge is 0.393 e. The molecule has 1 amide bonds. The maximum absolute atomic E-state index is 12.7. The van der Waals surface area contributed by atoms with Crippen LogP contribution >= 0.6 is 0 Å². The molecule has 1 saturated heterocycles. The molecule has 2 unspecified atom stereocenters. The smallest absolute Gasteiger partial charge is 0.220 e. The second kappa shape index (κ2) is 5.96. The number of benzene rings is 1. The van der Waals surface area contributed by atoms with Gasteiger partial charge in [-0.05, 0) is 43.4 Å². The molecule has 2 rings (SSSR count). The van der Waals surface area contributed by atoms with Crippen LogP contribution in [0, 0.1) is 5.82 Å². The second-order valence-corrected chi connectivity index (χ2v) is 4.86. The minimum absolute atomic E-state index is 0.105. The van der Waals surface area contributed by atoms with Crippen LogP contribution in [0.25, 0.3) is 0 Å². The third-order valence-corrected chi connectivity index (χ3v) is 3.32. The Bertz CT molecular complexity index is 405. The third kappa shape index (κ3) is 3.81. The van der Waals surface area contributed by atoms with Crippen LogP contribution in [0.2, 0.25) is 0 Å². The Morgan fingerprint density at radius 2 is 2.11 bits per heavy atom. The summed E-state index contributed by atoms with van der Waals surface area (Å²) < 4.78 is 12.7. The lowest BCUT2D eigenvalue weighted by Crippen LogP contribution is -2.26. The molecule has 0 spiro atoms. The molecule has 1 fully saturated rings. The average molecular weight is 251 g/mol. The van der Waals surface area contributed by atoms with Gasteiger partial charge in [-0.1, -0.05) is 12.1 Å². The van der Waals surface area contributed by atoms with Gasteiger partial charge in [-0.25, -0.2) is 4.39 Å². The van der Waals surface area contributed by atoms with Crippen molar-refractivity contribution in [1.29, 1.82) is 0 Å². The van der Waals surface area contributed by atoms with Gasteiger partial charge in [0.2, 0.25) is 5.91 Å². The van der Waals surface area contributed by atoms with Crippen molar-refractivity contribution in [3.8, 4) is 0 Å². The highest BCUT2D eigenvalue weighted by Gasteiger charge is 2.21. The number of aliphatic hydroxyl groups is 1. The van der Waals surface area contributed by atoms with E-state index in [9.17, 15) is 14.3 Å². The van der Waals surface area contributed by atoms with E-state index in [2.05, 4.69) is 5.32 Å². The van der Waals surface area contributed by atoms with Crippen molar-refractivity contribution >= 4 is 5.91 Å². The zero-order valence-electron chi connectivity index (χ0n) is 10.2. The number of amides is 1. The molecule has 0 bridgehead atoms. The fourth-order valence-electron chi connectivity index (χ4n) is 2.28. The van der Waals surface area contributed by atoms with Crippen molar-refractivity contribution in [2.24, 2.45) is 0 Å². The predicted octanol–water partition coefficient (Wildman–Crippen LogP) is 1.79. The van der Waals surface area contributed by atoms with E-state index in [-0.39, 0.29) is 17.8 Å². The SMILES string of the molecule is O=C1CCC(CCC(O)Cc2ccc(F)cc2)N1. The first-order valence-corrected chi connectivity index (χ1v) is 6.35. The molecule has 0 radical (unpaired) electrons. The lowest BCUT2D eigenvalue weighted by Gasteiger charge is -2.14. The van der Waals surface area contributed by atoms with Gasteiger partial charge < -0.3 is 10.4 Å². The zero-order valence-corrected chi connectivity index (χ0v) is 10.2. The van der Waals surface area contributed by atoms with Gasteiger partial charge in [0.25, 0.3) is 0 Å². The van der Waals surface area contributed by atoms with Crippen LogP contribution in [-0.4, -0.2) is 23.2 Å². The first-order valence-electron chi connectivity index (χ1n) is 6.35. The lowest BCUT2D eigenvalue weighted by atomic mass is 10.0. The van der Waals surface area contributed by atoms with Gasteiger partial charge in [-0.2, -0.15) is 0 Å². The van der Waals surface area contributed by atoms with Crippen molar-refractivity contribution in [3.05, 3.63) is 35.6 Å². The lowest BCUT2D eigenvalue weighted by molar-refractivity contribution is -0.119. The van der Waals surface area contributed by atoms with Crippen molar-refractivity contribution in [2.45, 2.75) is 44.2 Å². The Labute approximate surface area is 106 Å². The number of nitrogens with one attached hydrogen (secondary N) is 1. The molecule has 2 atom stereocenters. The van der Waals surface area contributed by atoms with Gasteiger partial charge in [0.1, 0.15) is 5.82 Å². The zero-order chi connectivity index (χ0) is 13.0. The highest BCUT2D eigenvalue weighted by Crippen LogP contribution is 2.15. The molecule has 98 valence electrons. The molecule has 2 N–H and O–H groups in total. The Morgan fingerprint density at radius 3 is 2.72 bits per heavy atom. The molecule has 1 aliphatic rings. The van der Waals surface area contributed by atoms with Crippen molar-refractivity contribution in [1.82, 2.24) is 5.32 Å². The van der Waals surface area contributed by atoms with Crippen LogP contribution in [-0.2, 0) is 11.2 Å². The minimum Gasteiger partial charge on any atom is -0.393 e. The highest BCUT2D eigenvalue weighted by atomic mass is 19.1. The number of carbonyl (C=O) groups is 1. The Morgan fingerprint density at radius 1 is 1.39 bits per heavy atom. The summed E-state index contributed by atoms with van der Waals surface area (Å²) in [5.74, 6) is -0.157. The summed E-state index contributed by atoms with van der Waals surface area (Å²) in [6.45, 7) is 0. The molecule has 1 aliphatic heterocycles. The topological polar surface area (TPSA) is 49.3 Å². The van der Waals surface area contributed by atoms with Crippen LogP contribution in [0.4, 0.5) is 4.39 Å². The van der Waals surface area contributed by atoms with Gasteiger partial charge >= 0.3 is 0 Å². The Hall–Kier alpha value is -1.42. The number of hydrogen-bond donors (Lipinski definition) is 2. The monoisotopic (exact) mass is 251 g/mol. The molecule has 1 aromatic rings. The molecule has 0 aromatic heterocycles. The van der Waals surface area contributed by atoms with Gasteiger partial charge in [0, 0.05) is 12.5 Å². The van der Waals surface area contributed by atoms with Crippen LogP contribution in [0.1, 0.15) is 31.2 Å². The summed E-state index contributed by atoms with van der Waals surface area (Å²) in [7, 11) is 0. The number of rotatable bonds is 5. The number of aliphatic hydroxyl groups excluding tert-OH is 1. The molecule has 0 saturated carbocycles. The molecular weight excluding hydrogens is 233 g/mol. The summed E-state index contributed by atoms with van der Waals surface area (Å²) in [5.41, 5.74) is 0.930. The highest BCUT2D eigenvalue weighted by molar-refractivity contribution is 5.78. The molecule has 1 heterocycles. The van der Waals surface area contributed by atoms with Crippen LogP contribution in [0.5, 0.6) is 0 Å². The first-order chi connectivity index (χ1) is 8.63. The molecule has 3 nitrogen and oxygen atoms in total. The Kier molecular flexibility index (Phi) is 4.31. The molecule has 1 aromatic carbocycles. The van der Waals surface area contributed by atoms with Gasteiger partial charge in [-0.15, -0.1) is 0 Å². The summed E-state index contributed by atoms with van der Waals surface area (Å²) in [6, 6.07) is 6.39. The Balaban J connectivity index is 1.73. The summed E-state index contributed by atoms with van der Waals surface area (Å²) in [6.07, 6.45) is 3.01. The normalized spacial score (nSPS) is 20.8. The molecule has 0 aliphatic carbocycles. The number of halogens is 1. The maximum atomic E-state index is 12.7. The predicted molar refractivity (Wildman–Crippen MR) is 66.5 cm³/mol. The minimum atomic E-state index is -0.437. The first kappa shape index (κ1) is 13.0. The van der Waals surface area contributed by atoms with E-state index in [1.54, 1.807) is 12.1 Å². The van der Waals surface area contributed by atoms with Crippen LogP contribution in [0.3, 0.4) is 0 Å². The van der Waals surface area contributed by atoms with E-state index in [0.717, 1.165) is 18.4 Å². The van der Waals surface area contributed by atoms with E-state index in [0.29, 0.717) is 19.3 Å². The molecule has 18 heavy (non-hydrogen) atoms. The van der Waals surface area contributed by atoms with E-state index in [1.165, 1.54) is 12.1 Å². The van der Waals surface area contributed by atoms with Crippen molar-refractivity contribution in [3.63, 3.8) is 0 Å². The summed E-state index contributed by atoms with van der Waals surface area (Å²) in [4.78, 5) is 11.0. The van der Waals surface area contributed by atoms with Gasteiger partial charge in [0.15, 0.2) is 0 Å². The summed E-state index contributed by atoms with van der Waals surface area (Å²) >= 11 is 0. The fourth-order valence-corrected chi connectivity index (χ4v) is 2.28. The van der Waals surface area contributed by atoms with Crippen molar-refractivity contribution in [2.75, 3.05) is 0 Å². The van der Waals surface area contributed by atoms with E-state index in [1.807, 2.05) is 0 Å². The average Bonchev–Trinajstić information content (AvgIpc) is 2.76. The van der Waals surface area contributed by atoms with Crippen LogP contribution < -0.4 is 5.32 Å². The maximum Gasteiger partial charge on any atom is 0.220 e. The fraction of sp³-hybridized carbons (Fsp3) is 0.500. The van der Waals surface area contributed by atoms with Crippen molar-refractivity contribution < 1.29 is 14.3 Å². The van der Waals surface area contributed by atoms with E-state index >= 15 is 0 Å². The summed E-state index contributed by atoms with van der Waals surface area (Å²) in [5, 5.41) is 12.8. The molecule has 4 heteroatoms. The van der Waals surface area contributed by atoms with E-state index in [4.69, 9.17) is 0 Å². The molecular formula is C14H18FNO2. The van der Waals surface area contributed by atoms with Crippen LogP contribution in [0.15, 0.2) is 24.3 Å². The van der Waals surface area contributed by atoms with Gasteiger partial charge in [-0.3, -0.25) is 4.79 Å². The standard InChI is InChI=1S/C14H18FNO2/c15-11-3-1-10(2-4-11)9-13(17)7-5-12-6-8-14(18)16-12/h1-4,12-13,17H,5-9H2,(H,16,18).